The summed E-state index contributed by atoms with van der Waals surface area (Å²) < 4.78 is 13.0. The third-order valence-corrected chi connectivity index (χ3v) is 5.10. The fourth-order valence-corrected chi connectivity index (χ4v) is 3.59. The summed E-state index contributed by atoms with van der Waals surface area (Å²) in [5.74, 6) is 0.670. The molecule has 2 aromatic carbocycles. The fourth-order valence-electron chi connectivity index (χ4n) is 3.33. The maximum Gasteiger partial charge on any atom is 0.251 e. The number of benzene rings is 2. The molecule has 3 rings (SSSR count). The Morgan fingerprint density at radius 2 is 1.94 bits per heavy atom. The summed E-state index contributed by atoms with van der Waals surface area (Å²) in [6.45, 7) is 7.65. The number of nitrogens with one attached hydrogen (secondary N) is 1. The van der Waals surface area contributed by atoms with E-state index in [1.165, 1.54) is 7.11 Å². The Balaban J connectivity index is 1.68. The van der Waals surface area contributed by atoms with E-state index in [1.54, 1.807) is 12.1 Å². The Bertz CT molecular complexity index is 1060. The van der Waals surface area contributed by atoms with Gasteiger partial charge in [-0.15, -0.1) is 0 Å². The molecule has 0 radical (unpaired) electrons. The van der Waals surface area contributed by atoms with Crippen molar-refractivity contribution in [2.45, 2.75) is 40.3 Å². The van der Waals surface area contributed by atoms with Gasteiger partial charge in [-0.3, -0.25) is 9.48 Å². The lowest BCUT2D eigenvalue weighted by Gasteiger charge is -2.14. The van der Waals surface area contributed by atoms with E-state index in [0.717, 1.165) is 28.9 Å². The van der Waals surface area contributed by atoms with Crippen molar-refractivity contribution in [3.05, 3.63) is 75.6 Å². The molecule has 1 amide bonds. The third kappa shape index (κ3) is 5.79. The Kier molecular flexibility index (Phi) is 7.58. The highest BCUT2D eigenvalue weighted by Gasteiger charge is 2.16. The second-order valence-corrected chi connectivity index (χ2v) is 7.83. The number of aryl methyl sites for hydroxylation is 2. The molecule has 3 aromatic rings. The highest BCUT2D eigenvalue weighted by Crippen LogP contribution is 2.36. The van der Waals surface area contributed by atoms with Gasteiger partial charge in [-0.1, -0.05) is 42.8 Å². The van der Waals surface area contributed by atoms with E-state index >= 15 is 0 Å². The zero-order valence-corrected chi connectivity index (χ0v) is 19.1. The first-order chi connectivity index (χ1) is 14.9. The monoisotopic (exact) mass is 441 g/mol. The number of carbonyl (C=O) groups is 1. The van der Waals surface area contributed by atoms with Crippen molar-refractivity contribution >= 4 is 17.5 Å². The number of ether oxygens (including phenoxy) is 2. The van der Waals surface area contributed by atoms with Crippen LogP contribution >= 0.6 is 11.6 Å². The molecule has 164 valence electrons. The van der Waals surface area contributed by atoms with Crippen LogP contribution in [0.4, 0.5) is 0 Å². The minimum atomic E-state index is -0.230. The van der Waals surface area contributed by atoms with Crippen LogP contribution in [-0.2, 0) is 13.1 Å². The standard InChI is InChI=1S/C24H28ClN3O3/c1-5-9-31-23-21(25)12-20(13-22(23)30-4)24(29)26-14-18-7-6-8-19(11-18)15-28-17(3)10-16(2)27-28/h6-8,10-13H,5,9,14-15H2,1-4H3,(H,26,29). The number of rotatable bonds is 9. The number of halogens is 1. The molecule has 0 aliphatic carbocycles. The van der Waals surface area contributed by atoms with E-state index in [-0.39, 0.29) is 5.91 Å². The van der Waals surface area contributed by atoms with Crippen LogP contribution in [0, 0.1) is 13.8 Å². The third-order valence-electron chi connectivity index (χ3n) is 4.82. The lowest BCUT2D eigenvalue weighted by atomic mass is 10.1. The highest BCUT2D eigenvalue weighted by molar-refractivity contribution is 6.32. The SMILES string of the molecule is CCCOc1c(Cl)cc(C(=O)NCc2cccc(Cn3nc(C)cc3C)c2)cc1OC. The zero-order chi connectivity index (χ0) is 22.4. The largest absolute Gasteiger partial charge is 0.493 e. The molecule has 0 saturated carbocycles. The molecule has 1 N–H and O–H groups in total. The molecule has 0 fully saturated rings. The number of amides is 1. The lowest BCUT2D eigenvalue weighted by molar-refractivity contribution is 0.0950. The predicted octanol–water partition coefficient (Wildman–Crippen LogP) is 4.93. The van der Waals surface area contributed by atoms with E-state index < -0.39 is 0 Å². The normalized spacial score (nSPS) is 10.7. The van der Waals surface area contributed by atoms with Crippen LogP contribution in [-0.4, -0.2) is 29.4 Å². The lowest BCUT2D eigenvalue weighted by Crippen LogP contribution is -2.23. The van der Waals surface area contributed by atoms with Crippen molar-refractivity contribution < 1.29 is 14.3 Å². The smallest absolute Gasteiger partial charge is 0.251 e. The molecular weight excluding hydrogens is 414 g/mol. The van der Waals surface area contributed by atoms with Crippen LogP contribution in [0.5, 0.6) is 11.5 Å². The summed E-state index contributed by atoms with van der Waals surface area (Å²) in [6.07, 6.45) is 0.848. The van der Waals surface area contributed by atoms with Crippen molar-refractivity contribution in [1.29, 1.82) is 0 Å². The van der Waals surface area contributed by atoms with Gasteiger partial charge in [0, 0.05) is 17.8 Å². The van der Waals surface area contributed by atoms with Crippen molar-refractivity contribution in [2.75, 3.05) is 13.7 Å². The second-order valence-electron chi connectivity index (χ2n) is 7.43. The van der Waals surface area contributed by atoms with Crippen LogP contribution < -0.4 is 14.8 Å². The maximum absolute atomic E-state index is 12.7. The molecule has 0 unspecified atom stereocenters. The van der Waals surface area contributed by atoms with Gasteiger partial charge >= 0.3 is 0 Å². The molecule has 0 bridgehead atoms. The number of aromatic nitrogens is 2. The minimum Gasteiger partial charge on any atom is -0.493 e. The van der Waals surface area contributed by atoms with E-state index in [2.05, 4.69) is 28.6 Å². The summed E-state index contributed by atoms with van der Waals surface area (Å²) in [5.41, 5.74) is 4.67. The van der Waals surface area contributed by atoms with Crippen molar-refractivity contribution in [2.24, 2.45) is 0 Å². The Hall–Kier alpha value is -2.99. The summed E-state index contributed by atoms with van der Waals surface area (Å²) >= 11 is 6.33. The molecule has 0 aliphatic rings. The summed E-state index contributed by atoms with van der Waals surface area (Å²) in [7, 11) is 1.53. The molecule has 0 spiro atoms. The van der Waals surface area contributed by atoms with Crippen LogP contribution in [0.2, 0.25) is 5.02 Å². The molecule has 31 heavy (non-hydrogen) atoms. The van der Waals surface area contributed by atoms with Crippen LogP contribution in [0.3, 0.4) is 0 Å². The van der Waals surface area contributed by atoms with Gasteiger partial charge in [-0.2, -0.15) is 5.10 Å². The maximum atomic E-state index is 12.7. The van der Waals surface area contributed by atoms with Crippen LogP contribution in [0.25, 0.3) is 0 Å². The predicted molar refractivity (Wildman–Crippen MR) is 122 cm³/mol. The van der Waals surface area contributed by atoms with E-state index in [1.807, 2.05) is 37.6 Å². The first-order valence-electron chi connectivity index (χ1n) is 10.3. The van der Waals surface area contributed by atoms with Crippen molar-refractivity contribution in [3.63, 3.8) is 0 Å². The molecular formula is C24H28ClN3O3. The summed E-state index contributed by atoms with van der Waals surface area (Å²) in [4.78, 5) is 12.7. The van der Waals surface area contributed by atoms with Gasteiger partial charge < -0.3 is 14.8 Å². The molecule has 0 atom stereocenters. The van der Waals surface area contributed by atoms with Gasteiger partial charge in [0.2, 0.25) is 0 Å². The van der Waals surface area contributed by atoms with Crippen molar-refractivity contribution in [3.8, 4) is 11.5 Å². The average molecular weight is 442 g/mol. The van der Waals surface area contributed by atoms with Gasteiger partial charge in [0.25, 0.3) is 5.91 Å². The summed E-state index contributed by atoms with van der Waals surface area (Å²) in [6, 6.07) is 13.4. The van der Waals surface area contributed by atoms with Crippen molar-refractivity contribution in [1.82, 2.24) is 15.1 Å². The number of hydrogen-bond acceptors (Lipinski definition) is 4. The zero-order valence-electron chi connectivity index (χ0n) is 18.4. The topological polar surface area (TPSA) is 65.4 Å². The first-order valence-corrected chi connectivity index (χ1v) is 10.7. The van der Waals surface area contributed by atoms with Gasteiger partial charge in [-0.25, -0.2) is 0 Å². The second kappa shape index (κ2) is 10.4. The quantitative estimate of drug-likeness (QED) is 0.511. The van der Waals surface area contributed by atoms with E-state index in [0.29, 0.717) is 41.8 Å². The van der Waals surface area contributed by atoms with E-state index in [4.69, 9.17) is 21.1 Å². The fraction of sp³-hybridized carbons (Fsp3) is 0.333. The van der Waals surface area contributed by atoms with Crippen LogP contribution in [0.1, 0.15) is 46.2 Å². The van der Waals surface area contributed by atoms with Crippen LogP contribution in [0.15, 0.2) is 42.5 Å². The number of hydrogen-bond donors (Lipinski definition) is 1. The molecule has 7 heteroatoms. The molecule has 0 aliphatic heterocycles. The van der Waals surface area contributed by atoms with Gasteiger partial charge in [0.15, 0.2) is 11.5 Å². The number of nitrogens with zero attached hydrogens (tertiary/aromatic N) is 2. The Morgan fingerprint density at radius 1 is 1.16 bits per heavy atom. The Labute approximate surface area is 188 Å². The molecule has 0 saturated heterocycles. The van der Waals surface area contributed by atoms with Gasteiger partial charge in [0.05, 0.1) is 31.0 Å². The first kappa shape index (κ1) is 22.7. The minimum absolute atomic E-state index is 0.230. The number of methoxy groups -OCH3 is 1. The molecule has 6 nitrogen and oxygen atoms in total. The molecule has 1 heterocycles. The van der Waals surface area contributed by atoms with Gasteiger partial charge in [-0.05, 0) is 49.6 Å². The van der Waals surface area contributed by atoms with E-state index in [9.17, 15) is 4.79 Å². The Morgan fingerprint density at radius 3 is 2.61 bits per heavy atom. The highest BCUT2D eigenvalue weighted by atomic mass is 35.5. The number of carbonyl (C=O) groups excluding carboxylic acids is 1. The van der Waals surface area contributed by atoms with Gasteiger partial charge in [0.1, 0.15) is 0 Å². The molecule has 1 aromatic heterocycles. The average Bonchev–Trinajstić information content (AvgIpc) is 3.07. The summed E-state index contributed by atoms with van der Waals surface area (Å²) in [5, 5.41) is 7.81.